The van der Waals surface area contributed by atoms with Crippen molar-refractivity contribution in [1.82, 2.24) is 5.32 Å². The van der Waals surface area contributed by atoms with Crippen molar-refractivity contribution in [1.29, 1.82) is 0 Å². The minimum absolute atomic E-state index is 0.168. The van der Waals surface area contributed by atoms with Crippen LogP contribution in [0.1, 0.15) is 31.4 Å². The van der Waals surface area contributed by atoms with Gasteiger partial charge in [0.05, 0.1) is 16.8 Å². The molecule has 2 aromatic carbocycles. The van der Waals surface area contributed by atoms with Gasteiger partial charge in [-0.25, -0.2) is 0 Å². The highest BCUT2D eigenvalue weighted by molar-refractivity contribution is 6.36. The summed E-state index contributed by atoms with van der Waals surface area (Å²) in [5.41, 5.74) is 0.422. The molecule has 130 valence electrons. The van der Waals surface area contributed by atoms with Gasteiger partial charge in [0, 0.05) is 5.02 Å². The summed E-state index contributed by atoms with van der Waals surface area (Å²) in [5.74, 6) is -0.596. The second kappa shape index (κ2) is 7.06. The lowest BCUT2D eigenvalue weighted by Crippen LogP contribution is -2.41. The molecule has 1 aliphatic carbocycles. The maximum absolute atomic E-state index is 12.7. The number of anilines is 1. The first-order valence-corrected chi connectivity index (χ1v) is 8.80. The summed E-state index contributed by atoms with van der Waals surface area (Å²) >= 11 is 11.9. The minimum atomic E-state index is -1.02. The van der Waals surface area contributed by atoms with Crippen molar-refractivity contribution in [3.05, 3.63) is 64.1 Å². The molecule has 2 amide bonds. The Morgan fingerprint density at radius 1 is 1.04 bits per heavy atom. The Kier molecular flexibility index (Phi) is 5.02. The van der Waals surface area contributed by atoms with Crippen molar-refractivity contribution < 1.29 is 9.59 Å². The Balaban J connectivity index is 1.68. The first-order chi connectivity index (χ1) is 11.9. The molecule has 0 aromatic heterocycles. The quantitative estimate of drug-likeness (QED) is 0.749. The van der Waals surface area contributed by atoms with Crippen molar-refractivity contribution in [2.45, 2.75) is 25.8 Å². The van der Waals surface area contributed by atoms with E-state index in [1.54, 1.807) is 18.2 Å². The molecule has 0 aliphatic heterocycles. The number of hydrogen-bond acceptors (Lipinski definition) is 2. The highest BCUT2D eigenvalue weighted by atomic mass is 35.5. The fraction of sp³-hybridized carbons (Fsp3) is 0.263. The Bertz CT molecular complexity index is 804. The number of amides is 2. The van der Waals surface area contributed by atoms with E-state index in [9.17, 15) is 9.59 Å². The van der Waals surface area contributed by atoms with Gasteiger partial charge in [0.2, 0.25) is 11.8 Å². The van der Waals surface area contributed by atoms with Crippen molar-refractivity contribution in [3.8, 4) is 0 Å². The molecule has 1 unspecified atom stereocenters. The van der Waals surface area contributed by atoms with Crippen LogP contribution < -0.4 is 10.6 Å². The Morgan fingerprint density at radius 2 is 1.72 bits per heavy atom. The molecule has 1 aliphatic rings. The van der Waals surface area contributed by atoms with Crippen molar-refractivity contribution in [2.24, 2.45) is 5.41 Å². The van der Waals surface area contributed by atoms with Crippen LogP contribution in [0.25, 0.3) is 0 Å². The van der Waals surface area contributed by atoms with E-state index in [-0.39, 0.29) is 17.9 Å². The standard InChI is InChI=1S/C19H18Cl2N2O2/c1-12(13-5-3-2-4-6-13)22-17(24)19(9-10-19)18(25)23-16-8-7-14(20)11-15(16)21/h2-8,11-12H,9-10H2,1H3,(H,22,24)(H,23,25). The fourth-order valence-electron chi connectivity index (χ4n) is 2.67. The fourth-order valence-corrected chi connectivity index (χ4v) is 3.13. The zero-order valence-electron chi connectivity index (χ0n) is 13.7. The predicted octanol–water partition coefficient (Wildman–Crippen LogP) is 4.59. The molecule has 1 atom stereocenters. The summed E-state index contributed by atoms with van der Waals surface area (Å²) in [7, 11) is 0. The molecule has 25 heavy (non-hydrogen) atoms. The van der Waals surface area contributed by atoms with Gasteiger partial charge in [-0.3, -0.25) is 9.59 Å². The SMILES string of the molecule is CC(NC(=O)C1(C(=O)Nc2ccc(Cl)cc2Cl)CC1)c1ccccc1. The average molecular weight is 377 g/mol. The number of halogens is 2. The Hall–Kier alpha value is -2.04. The van der Waals surface area contributed by atoms with Crippen LogP contribution in [0.2, 0.25) is 10.0 Å². The molecule has 2 aromatic rings. The predicted molar refractivity (Wildman–Crippen MR) is 99.8 cm³/mol. The third-order valence-corrected chi connectivity index (χ3v) is 4.99. The Labute approximate surface area is 156 Å². The van der Waals surface area contributed by atoms with Crippen LogP contribution in [0.3, 0.4) is 0 Å². The number of benzene rings is 2. The lowest BCUT2D eigenvalue weighted by molar-refractivity contribution is -0.134. The monoisotopic (exact) mass is 376 g/mol. The molecule has 2 N–H and O–H groups in total. The smallest absolute Gasteiger partial charge is 0.240 e. The van der Waals surface area contributed by atoms with E-state index < -0.39 is 5.41 Å². The summed E-state index contributed by atoms with van der Waals surface area (Å²) in [4.78, 5) is 25.3. The van der Waals surface area contributed by atoms with E-state index in [2.05, 4.69) is 10.6 Å². The molecule has 0 radical (unpaired) electrons. The van der Waals surface area contributed by atoms with Crippen LogP contribution in [-0.2, 0) is 9.59 Å². The maximum atomic E-state index is 12.7. The lowest BCUT2D eigenvalue weighted by Gasteiger charge is -2.20. The summed E-state index contributed by atoms with van der Waals surface area (Å²) < 4.78 is 0. The lowest BCUT2D eigenvalue weighted by atomic mass is 10.0. The molecule has 0 spiro atoms. The minimum Gasteiger partial charge on any atom is -0.349 e. The van der Waals surface area contributed by atoms with Crippen molar-refractivity contribution >= 4 is 40.7 Å². The molecule has 0 saturated heterocycles. The van der Waals surface area contributed by atoms with E-state index in [4.69, 9.17) is 23.2 Å². The third kappa shape index (κ3) is 3.80. The van der Waals surface area contributed by atoms with Gasteiger partial charge in [-0.2, -0.15) is 0 Å². The van der Waals surface area contributed by atoms with Crippen LogP contribution >= 0.6 is 23.2 Å². The van der Waals surface area contributed by atoms with E-state index in [0.29, 0.717) is 28.6 Å². The molecule has 1 fully saturated rings. The van der Waals surface area contributed by atoms with Gasteiger partial charge in [-0.1, -0.05) is 53.5 Å². The molecule has 6 heteroatoms. The van der Waals surface area contributed by atoms with E-state index in [1.165, 1.54) is 0 Å². The van der Waals surface area contributed by atoms with Crippen LogP contribution in [0, 0.1) is 5.41 Å². The topological polar surface area (TPSA) is 58.2 Å². The van der Waals surface area contributed by atoms with Crippen molar-refractivity contribution in [2.75, 3.05) is 5.32 Å². The van der Waals surface area contributed by atoms with Crippen LogP contribution in [0.4, 0.5) is 5.69 Å². The highest BCUT2D eigenvalue weighted by Crippen LogP contribution is 2.47. The van der Waals surface area contributed by atoms with Gasteiger partial charge in [0.1, 0.15) is 5.41 Å². The first-order valence-electron chi connectivity index (χ1n) is 8.05. The van der Waals surface area contributed by atoms with Crippen LogP contribution in [0.5, 0.6) is 0 Å². The van der Waals surface area contributed by atoms with Gasteiger partial charge < -0.3 is 10.6 Å². The van der Waals surface area contributed by atoms with Gasteiger partial charge in [-0.15, -0.1) is 0 Å². The third-order valence-electron chi connectivity index (χ3n) is 4.45. The van der Waals surface area contributed by atoms with Crippen molar-refractivity contribution in [3.63, 3.8) is 0 Å². The van der Waals surface area contributed by atoms with Crippen LogP contribution in [0.15, 0.2) is 48.5 Å². The van der Waals surface area contributed by atoms with Gasteiger partial charge in [0.15, 0.2) is 0 Å². The molecule has 3 rings (SSSR count). The normalized spacial score (nSPS) is 16.0. The number of nitrogens with one attached hydrogen (secondary N) is 2. The number of carbonyl (C=O) groups excluding carboxylic acids is 2. The summed E-state index contributed by atoms with van der Waals surface area (Å²) in [6, 6.07) is 14.3. The largest absolute Gasteiger partial charge is 0.349 e. The number of carbonyl (C=O) groups is 2. The van der Waals surface area contributed by atoms with Gasteiger partial charge in [0.25, 0.3) is 0 Å². The van der Waals surface area contributed by atoms with Gasteiger partial charge >= 0.3 is 0 Å². The summed E-state index contributed by atoms with van der Waals surface area (Å²) in [6.07, 6.45) is 1.05. The molecule has 4 nitrogen and oxygen atoms in total. The van der Waals surface area contributed by atoms with E-state index in [0.717, 1.165) is 5.56 Å². The van der Waals surface area contributed by atoms with E-state index in [1.807, 2.05) is 37.3 Å². The summed E-state index contributed by atoms with van der Waals surface area (Å²) in [5, 5.41) is 6.51. The zero-order chi connectivity index (χ0) is 18.0. The number of hydrogen-bond donors (Lipinski definition) is 2. The number of rotatable bonds is 5. The van der Waals surface area contributed by atoms with E-state index >= 15 is 0 Å². The molecular formula is C19H18Cl2N2O2. The summed E-state index contributed by atoms with van der Waals surface area (Å²) in [6.45, 7) is 1.90. The first kappa shape index (κ1) is 17.8. The molecule has 0 heterocycles. The van der Waals surface area contributed by atoms with Crippen LogP contribution in [-0.4, -0.2) is 11.8 Å². The molecule has 1 saturated carbocycles. The zero-order valence-corrected chi connectivity index (χ0v) is 15.2. The maximum Gasteiger partial charge on any atom is 0.240 e. The molecular weight excluding hydrogens is 359 g/mol. The molecule has 0 bridgehead atoms. The average Bonchev–Trinajstić information content (AvgIpc) is 3.40. The highest BCUT2D eigenvalue weighted by Gasteiger charge is 2.56. The Morgan fingerprint density at radius 3 is 2.32 bits per heavy atom. The second-order valence-electron chi connectivity index (χ2n) is 6.27. The van der Waals surface area contributed by atoms with Gasteiger partial charge in [-0.05, 0) is 43.5 Å². The second-order valence-corrected chi connectivity index (χ2v) is 7.11.